The zero-order chi connectivity index (χ0) is 9.94. The molecule has 0 aliphatic heterocycles. The minimum atomic E-state index is -4.63. The summed E-state index contributed by atoms with van der Waals surface area (Å²) in [6, 6.07) is 0. The van der Waals surface area contributed by atoms with Gasteiger partial charge in [0.15, 0.2) is 5.25 Å². The molecule has 0 saturated carbocycles. The van der Waals surface area contributed by atoms with E-state index in [2.05, 4.69) is 11.5 Å². The molecular weight excluding hydrogens is 211 g/mol. The summed E-state index contributed by atoms with van der Waals surface area (Å²) >= 11 is 0. The Morgan fingerprint density at radius 2 is 1.69 bits per heavy atom. The number of hydrogen-bond acceptors (Lipinski definition) is 4. The fraction of sp³-hybridized carbons (Fsp3) is 0.500. The second kappa shape index (κ2) is 5.55. The van der Waals surface area contributed by atoms with Gasteiger partial charge in [0.25, 0.3) is 10.1 Å². The fourth-order valence-electron chi connectivity index (χ4n) is 0.535. The largest absolute Gasteiger partial charge is 0.370 e. The van der Waals surface area contributed by atoms with Gasteiger partial charge in [-0.3, -0.25) is 14.1 Å². The van der Waals surface area contributed by atoms with Crippen molar-refractivity contribution in [3.05, 3.63) is 0 Å². The quantitative estimate of drug-likeness (QED) is 0.346. The van der Waals surface area contributed by atoms with Crippen LogP contribution < -0.4 is 11.5 Å². The zero-order valence-corrected chi connectivity index (χ0v) is 9.74. The molecule has 2 amide bonds. The zero-order valence-electron chi connectivity index (χ0n) is 6.93. The first-order chi connectivity index (χ1) is 5.25. The van der Waals surface area contributed by atoms with Crippen molar-refractivity contribution in [2.75, 3.05) is 0 Å². The summed E-state index contributed by atoms with van der Waals surface area (Å²) in [6.07, 6.45) is -0.811. The molecule has 7 nitrogen and oxygen atoms in total. The summed E-state index contributed by atoms with van der Waals surface area (Å²) in [6.45, 7) is 0. The summed E-state index contributed by atoms with van der Waals surface area (Å²) in [5.41, 5.74) is 9.19. The second-order valence-electron chi connectivity index (χ2n) is 2.08. The maximum atomic E-state index is 10.4. The van der Waals surface area contributed by atoms with E-state index in [1.54, 1.807) is 0 Å². The first-order valence-electron chi connectivity index (χ1n) is 2.79. The molecule has 0 bridgehead atoms. The third kappa shape index (κ3) is 5.99. The first-order valence-corrected chi connectivity index (χ1v) is 4.29. The van der Waals surface area contributed by atoms with Crippen molar-refractivity contribution in [2.24, 2.45) is 11.5 Å². The minimum Gasteiger partial charge on any atom is -0.370 e. The smallest absolute Gasteiger partial charge is 0.277 e. The molecule has 9 heteroatoms. The van der Waals surface area contributed by atoms with Gasteiger partial charge in [0.1, 0.15) is 0 Å². The Labute approximate surface area is 96.9 Å². The predicted molar refractivity (Wildman–Crippen MR) is 44.1 cm³/mol. The molecule has 0 aromatic carbocycles. The van der Waals surface area contributed by atoms with Crippen LogP contribution in [0, 0.1) is 0 Å². The van der Waals surface area contributed by atoms with Gasteiger partial charge in [0.05, 0.1) is 6.42 Å². The second-order valence-corrected chi connectivity index (χ2v) is 3.68. The fourth-order valence-corrected chi connectivity index (χ4v) is 1.20. The number of carbonyl (C=O) groups excluding carboxylic acids is 2. The van der Waals surface area contributed by atoms with E-state index < -0.39 is 33.6 Å². The normalized spacial score (nSPS) is 12.7. The Morgan fingerprint density at radius 1 is 1.31 bits per heavy atom. The molecule has 71 valence electrons. The van der Waals surface area contributed by atoms with Gasteiger partial charge in [-0.1, -0.05) is 0 Å². The molecule has 1 atom stereocenters. The van der Waals surface area contributed by atoms with E-state index >= 15 is 0 Å². The molecule has 0 heterocycles. The Hall–Kier alpha value is -0.150. The number of carbonyl (C=O) groups is 2. The van der Waals surface area contributed by atoms with Crippen LogP contribution >= 0.6 is 0 Å². The summed E-state index contributed by atoms with van der Waals surface area (Å²) in [5, 5.41) is -1.95. The SMILES string of the molecule is NC(=O)CC(C(N)=O)S(=O)(=O)O.[Na]. The van der Waals surface area contributed by atoms with Crippen LogP contribution in [0.4, 0.5) is 0 Å². The predicted octanol–water partition coefficient (Wildman–Crippen LogP) is -2.78. The number of primary amides is 2. The Balaban J connectivity index is 0. The molecule has 1 unspecified atom stereocenters. The van der Waals surface area contributed by atoms with E-state index in [1.165, 1.54) is 0 Å². The van der Waals surface area contributed by atoms with Crippen molar-refractivity contribution >= 4 is 51.5 Å². The molecule has 0 aromatic heterocycles. The molecule has 5 N–H and O–H groups in total. The van der Waals surface area contributed by atoms with Crippen LogP contribution in [-0.2, 0) is 19.7 Å². The molecule has 13 heavy (non-hydrogen) atoms. The summed E-state index contributed by atoms with van der Waals surface area (Å²) < 4.78 is 29.1. The van der Waals surface area contributed by atoms with Crippen molar-refractivity contribution in [2.45, 2.75) is 11.7 Å². The van der Waals surface area contributed by atoms with Gasteiger partial charge in [-0.25, -0.2) is 0 Å². The van der Waals surface area contributed by atoms with Crippen LogP contribution in [-0.4, -0.2) is 59.6 Å². The van der Waals surface area contributed by atoms with Crippen LogP contribution in [0.5, 0.6) is 0 Å². The first kappa shape index (κ1) is 15.3. The number of amides is 2. The van der Waals surface area contributed by atoms with Gasteiger partial charge < -0.3 is 11.5 Å². The number of hydrogen-bond donors (Lipinski definition) is 3. The van der Waals surface area contributed by atoms with Crippen LogP contribution in [0.15, 0.2) is 0 Å². The molecule has 1 radical (unpaired) electrons. The van der Waals surface area contributed by atoms with E-state index in [1.807, 2.05) is 0 Å². The van der Waals surface area contributed by atoms with E-state index in [4.69, 9.17) is 4.55 Å². The molecule has 0 saturated heterocycles. The summed E-state index contributed by atoms with van der Waals surface area (Å²) in [5.74, 6) is -2.34. The van der Waals surface area contributed by atoms with Crippen LogP contribution in [0.2, 0.25) is 0 Å². The van der Waals surface area contributed by atoms with E-state index in [-0.39, 0.29) is 29.6 Å². The van der Waals surface area contributed by atoms with Gasteiger partial charge in [-0.2, -0.15) is 8.42 Å². The molecule has 0 fully saturated rings. The van der Waals surface area contributed by atoms with E-state index in [9.17, 15) is 18.0 Å². The van der Waals surface area contributed by atoms with Gasteiger partial charge in [0.2, 0.25) is 11.8 Å². The van der Waals surface area contributed by atoms with Gasteiger partial charge >= 0.3 is 0 Å². The summed E-state index contributed by atoms with van der Waals surface area (Å²) in [7, 11) is -4.63. The standard InChI is InChI=1S/C4H8N2O5S.Na/c5-3(7)1-2(4(6)8)12(9,10)11;/h2H,1H2,(H2,5,7)(H2,6,8)(H,9,10,11);. The van der Waals surface area contributed by atoms with Crippen molar-refractivity contribution in [1.82, 2.24) is 0 Å². The van der Waals surface area contributed by atoms with Crippen LogP contribution in [0.3, 0.4) is 0 Å². The van der Waals surface area contributed by atoms with Crippen molar-refractivity contribution in [1.29, 1.82) is 0 Å². The average Bonchev–Trinajstić information content (AvgIpc) is 1.79. The number of nitrogens with two attached hydrogens (primary N) is 2. The molecule has 0 aliphatic rings. The van der Waals surface area contributed by atoms with E-state index in [0.29, 0.717) is 0 Å². The van der Waals surface area contributed by atoms with Gasteiger partial charge in [0, 0.05) is 29.6 Å². The van der Waals surface area contributed by atoms with Gasteiger partial charge in [-0.05, 0) is 0 Å². The maximum Gasteiger partial charge on any atom is 0.277 e. The third-order valence-corrected chi connectivity index (χ3v) is 2.18. The molecule has 0 rings (SSSR count). The van der Waals surface area contributed by atoms with Crippen LogP contribution in [0.1, 0.15) is 6.42 Å². The minimum absolute atomic E-state index is 0. The van der Waals surface area contributed by atoms with Gasteiger partial charge in [-0.15, -0.1) is 0 Å². The maximum absolute atomic E-state index is 10.4. The molecule has 0 spiro atoms. The topological polar surface area (TPSA) is 141 Å². The number of rotatable bonds is 4. The molecule has 0 aliphatic carbocycles. The Kier molecular flexibility index (Phi) is 6.55. The van der Waals surface area contributed by atoms with Crippen molar-refractivity contribution in [3.8, 4) is 0 Å². The van der Waals surface area contributed by atoms with E-state index in [0.717, 1.165) is 0 Å². The Bertz CT molecular complexity index is 300. The van der Waals surface area contributed by atoms with Crippen molar-refractivity contribution in [3.63, 3.8) is 0 Å². The summed E-state index contributed by atoms with van der Waals surface area (Å²) in [4.78, 5) is 20.6. The van der Waals surface area contributed by atoms with Crippen LogP contribution in [0.25, 0.3) is 0 Å². The average molecular weight is 219 g/mol. The van der Waals surface area contributed by atoms with Crippen molar-refractivity contribution < 1.29 is 22.6 Å². The third-order valence-electron chi connectivity index (χ3n) is 1.06. The molecule has 0 aromatic rings. The molecular formula is C4H8N2NaO5S. The Morgan fingerprint density at radius 3 is 1.77 bits per heavy atom. The monoisotopic (exact) mass is 219 g/mol.